The fourth-order valence-electron chi connectivity index (χ4n) is 4.92. The maximum atomic E-state index is 14.1. The molecule has 0 unspecified atom stereocenters. The molecule has 6 nitrogen and oxygen atoms in total. The maximum Gasteiger partial charge on any atom is 0.393 e. The summed E-state index contributed by atoms with van der Waals surface area (Å²) < 4.78 is 47.7. The van der Waals surface area contributed by atoms with Gasteiger partial charge < -0.3 is 14.6 Å². The van der Waals surface area contributed by atoms with Gasteiger partial charge >= 0.3 is 6.18 Å². The first-order valence-electron chi connectivity index (χ1n) is 11.9. The monoisotopic (exact) mass is 527 g/mol. The van der Waals surface area contributed by atoms with Crippen molar-refractivity contribution in [3.63, 3.8) is 0 Å². The SMILES string of the molecule is Cc1nc(C(=O)N2CCC[C@@H](C(F)(F)F)[C@H]2CNC(=O)c2cccc3occc23)c(-c2ccccc2)s1. The number of carbonyl (C=O) groups is 2. The Kier molecular flexibility index (Phi) is 6.76. The summed E-state index contributed by atoms with van der Waals surface area (Å²) in [5.41, 5.74) is 1.71. The molecule has 5 rings (SSSR count). The van der Waals surface area contributed by atoms with Crippen LogP contribution in [0, 0.1) is 12.8 Å². The van der Waals surface area contributed by atoms with Gasteiger partial charge in [0.15, 0.2) is 0 Å². The molecule has 1 aliphatic heterocycles. The zero-order chi connectivity index (χ0) is 26.2. The molecule has 1 fully saturated rings. The lowest BCUT2D eigenvalue weighted by Gasteiger charge is -2.42. The topological polar surface area (TPSA) is 75.4 Å². The quantitative estimate of drug-likeness (QED) is 0.342. The third-order valence-corrected chi connectivity index (χ3v) is 7.66. The Labute approximate surface area is 215 Å². The van der Waals surface area contributed by atoms with Gasteiger partial charge in [-0.2, -0.15) is 13.2 Å². The minimum atomic E-state index is -4.53. The van der Waals surface area contributed by atoms with Gasteiger partial charge in [-0.3, -0.25) is 9.59 Å². The lowest BCUT2D eigenvalue weighted by molar-refractivity contribution is -0.196. The number of aryl methyl sites for hydroxylation is 1. The first-order chi connectivity index (χ1) is 17.7. The van der Waals surface area contributed by atoms with E-state index in [-0.39, 0.29) is 31.6 Å². The molecule has 10 heteroatoms. The fraction of sp³-hybridized carbons (Fsp3) is 0.296. The summed E-state index contributed by atoms with van der Waals surface area (Å²) in [5.74, 6) is -2.86. The highest BCUT2D eigenvalue weighted by Crippen LogP contribution is 2.39. The molecule has 0 aliphatic carbocycles. The molecule has 2 atom stereocenters. The van der Waals surface area contributed by atoms with Crippen molar-refractivity contribution in [3.8, 4) is 10.4 Å². The number of nitrogens with one attached hydrogen (secondary N) is 1. The summed E-state index contributed by atoms with van der Waals surface area (Å²) in [5, 5.41) is 3.86. The average molecular weight is 528 g/mol. The molecule has 1 aliphatic rings. The van der Waals surface area contributed by atoms with Crippen LogP contribution >= 0.6 is 11.3 Å². The number of aromatic nitrogens is 1. The predicted molar refractivity (Wildman–Crippen MR) is 134 cm³/mol. The molecule has 37 heavy (non-hydrogen) atoms. The van der Waals surface area contributed by atoms with E-state index >= 15 is 0 Å². The van der Waals surface area contributed by atoms with E-state index in [1.807, 2.05) is 30.3 Å². The minimum absolute atomic E-state index is 0.118. The lowest BCUT2D eigenvalue weighted by Crippen LogP contribution is -2.57. The Hall–Kier alpha value is -3.66. The number of fused-ring (bicyclic) bond motifs is 1. The highest BCUT2D eigenvalue weighted by Gasteiger charge is 2.49. The molecular formula is C27H24F3N3O3S. The molecule has 2 aromatic carbocycles. The number of rotatable bonds is 5. The van der Waals surface area contributed by atoms with Crippen LogP contribution in [0.15, 0.2) is 65.3 Å². The van der Waals surface area contributed by atoms with Crippen molar-refractivity contribution in [1.82, 2.24) is 15.2 Å². The van der Waals surface area contributed by atoms with Crippen LogP contribution in [-0.2, 0) is 0 Å². The summed E-state index contributed by atoms with van der Waals surface area (Å²) in [6, 6.07) is 14.5. The van der Waals surface area contributed by atoms with E-state index in [4.69, 9.17) is 4.42 Å². The number of thiazole rings is 1. The van der Waals surface area contributed by atoms with Crippen molar-refractivity contribution in [2.45, 2.75) is 32.0 Å². The Morgan fingerprint density at radius 2 is 1.92 bits per heavy atom. The van der Waals surface area contributed by atoms with Gasteiger partial charge in [0, 0.05) is 18.5 Å². The second-order valence-electron chi connectivity index (χ2n) is 8.98. The summed E-state index contributed by atoms with van der Waals surface area (Å²) in [7, 11) is 0. The number of nitrogens with zero attached hydrogens (tertiary/aromatic N) is 2. The summed E-state index contributed by atoms with van der Waals surface area (Å²) in [6.07, 6.45) is -2.99. The van der Waals surface area contributed by atoms with Gasteiger partial charge in [-0.15, -0.1) is 11.3 Å². The first kappa shape index (κ1) is 25.0. The molecule has 192 valence electrons. The summed E-state index contributed by atoms with van der Waals surface area (Å²) in [4.78, 5) is 33.0. The zero-order valence-corrected chi connectivity index (χ0v) is 20.7. The van der Waals surface area contributed by atoms with Gasteiger partial charge in [0.2, 0.25) is 0 Å². The van der Waals surface area contributed by atoms with Crippen LogP contribution in [-0.4, -0.2) is 47.0 Å². The number of hydrogen-bond acceptors (Lipinski definition) is 5. The standard InChI is InChI=1S/C27H24F3N3O3S/c1-16-32-23(24(37-16)17-7-3-2-4-8-17)26(35)33-13-6-10-20(27(28,29)30)21(33)15-31-25(34)19-9-5-11-22-18(19)12-14-36-22/h2-5,7-9,11-12,14,20-21H,6,10,13,15H2,1H3,(H,31,34)/t20-,21-/m1/s1. The van der Waals surface area contributed by atoms with E-state index < -0.39 is 30.0 Å². The van der Waals surface area contributed by atoms with Crippen molar-refractivity contribution >= 4 is 34.1 Å². The van der Waals surface area contributed by atoms with Crippen LogP contribution in [0.3, 0.4) is 0 Å². The number of amides is 2. The maximum absolute atomic E-state index is 14.1. The molecule has 4 aromatic rings. The van der Waals surface area contributed by atoms with Gasteiger partial charge in [-0.25, -0.2) is 4.98 Å². The van der Waals surface area contributed by atoms with E-state index in [1.165, 1.54) is 22.5 Å². The second-order valence-corrected chi connectivity index (χ2v) is 10.2. The van der Waals surface area contributed by atoms with Crippen LogP contribution < -0.4 is 5.32 Å². The zero-order valence-electron chi connectivity index (χ0n) is 19.9. The van der Waals surface area contributed by atoms with Crippen molar-refractivity contribution < 1.29 is 27.2 Å². The average Bonchev–Trinajstić information content (AvgIpc) is 3.53. The van der Waals surface area contributed by atoms with Gasteiger partial charge in [0.25, 0.3) is 11.8 Å². The highest BCUT2D eigenvalue weighted by atomic mass is 32.1. The third-order valence-electron chi connectivity index (χ3n) is 6.65. The van der Waals surface area contributed by atoms with Crippen LogP contribution in [0.4, 0.5) is 13.2 Å². The van der Waals surface area contributed by atoms with Gasteiger partial charge in [0.1, 0.15) is 11.3 Å². The molecule has 3 heterocycles. The number of hydrogen-bond donors (Lipinski definition) is 1. The molecule has 1 saturated heterocycles. The van der Waals surface area contributed by atoms with E-state index in [9.17, 15) is 22.8 Å². The van der Waals surface area contributed by atoms with Crippen LogP contribution in [0.2, 0.25) is 0 Å². The predicted octanol–water partition coefficient (Wildman–Crippen LogP) is 6.08. The first-order valence-corrected chi connectivity index (χ1v) is 12.7. The Morgan fingerprint density at radius 1 is 1.14 bits per heavy atom. The molecule has 2 amide bonds. The number of piperidine rings is 1. The molecular weight excluding hydrogens is 503 g/mol. The smallest absolute Gasteiger partial charge is 0.393 e. The number of alkyl halides is 3. The van der Waals surface area contributed by atoms with Crippen LogP contribution in [0.1, 0.15) is 38.7 Å². The Balaban J connectivity index is 1.45. The van der Waals surface area contributed by atoms with E-state index in [1.54, 1.807) is 31.2 Å². The van der Waals surface area contributed by atoms with Crippen molar-refractivity contribution in [3.05, 3.63) is 77.1 Å². The number of carbonyl (C=O) groups excluding carboxylic acids is 2. The molecule has 0 spiro atoms. The van der Waals surface area contributed by atoms with Crippen molar-refractivity contribution in [1.29, 1.82) is 0 Å². The largest absolute Gasteiger partial charge is 0.464 e. The highest BCUT2D eigenvalue weighted by molar-refractivity contribution is 7.15. The lowest BCUT2D eigenvalue weighted by atomic mass is 9.87. The van der Waals surface area contributed by atoms with Gasteiger partial charge in [-0.05, 0) is 43.5 Å². The molecule has 0 bridgehead atoms. The number of likely N-dealkylation sites (tertiary alicyclic amines) is 1. The fourth-order valence-corrected chi connectivity index (χ4v) is 5.84. The van der Waals surface area contributed by atoms with Crippen molar-refractivity contribution in [2.24, 2.45) is 5.92 Å². The summed E-state index contributed by atoms with van der Waals surface area (Å²) in [6.45, 7) is 1.57. The molecule has 0 saturated carbocycles. The van der Waals surface area contributed by atoms with Crippen LogP contribution in [0.5, 0.6) is 0 Å². The number of furan rings is 1. The summed E-state index contributed by atoms with van der Waals surface area (Å²) >= 11 is 1.33. The van der Waals surface area contributed by atoms with E-state index in [2.05, 4.69) is 10.3 Å². The minimum Gasteiger partial charge on any atom is -0.464 e. The van der Waals surface area contributed by atoms with E-state index in [0.29, 0.717) is 26.4 Å². The normalized spacial score (nSPS) is 18.2. The van der Waals surface area contributed by atoms with Gasteiger partial charge in [0.05, 0.1) is 33.7 Å². The number of halogens is 3. The Bertz CT molecular complexity index is 1430. The second kappa shape index (κ2) is 10.0. The molecule has 0 radical (unpaired) electrons. The molecule has 1 N–H and O–H groups in total. The third kappa shape index (κ3) is 4.98. The Morgan fingerprint density at radius 3 is 2.68 bits per heavy atom. The number of benzene rings is 2. The van der Waals surface area contributed by atoms with Crippen molar-refractivity contribution in [2.75, 3.05) is 13.1 Å². The van der Waals surface area contributed by atoms with Crippen LogP contribution in [0.25, 0.3) is 21.4 Å². The van der Waals surface area contributed by atoms with E-state index in [0.717, 1.165) is 5.56 Å². The molecule has 2 aromatic heterocycles. The van der Waals surface area contributed by atoms with Gasteiger partial charge in [-0.1, -0.05) is 36.4 Å².